The van der Waals surface area contributed by atoms with Crippen LogP contribution in [0.3, 0.4) is 0 Å². The molecule has 2 amide bonds. The van der Waals surface area contributed by atoms with Crippen LogP contribution in [0.4, 0.5) is 0 Å². The number of nitrogens with zero attached hydrogens (tertiary/aromatic N) is 1. The molecule has 5 nitrogen and oxygen atoms in total. The van der Waals surface area contributed by atoms with Crippen LogP contribution in [0, 0.1) is 6.92 Å². The molecule has 0 saturated carbocycles. The first-order valence-corrected chi connectivity index (χ1v) is 10.1. The highest BCUT2D eigenvalue weighted by atomic mass is 16.5. The molecule has 1 N–H and O–H groups in total. The molecule has 0 aliphatic carbocycles. The number of methoxy groups -OCH3 is 1. The van der Waals surface area contributed by atoms with E-state index < -0.39 is 6.04 Å². The zero-order valence-electron chi connectivity index (χ0n) is 18.1. The highest BCUT2D eigenvalue weighted by molar-refractivity contribution is 5.88. The molecule has 0 aliphatic rings. The predicted molar refractivity (Wildman–Crippen MR) is 116 cm³/mol. The highest BCUT2D eigenvalue weighted by Gasteiger charge is 2.26. The Morgan fingerprint density at radius 2 is 1.59 bits per heavy atom. The van der Waals surface area contributed by atoms with Crippen LogP contribution in [-0.2, 0) is 22.6 Å². The van der Waals surface area contributed by atoms with Gasteiger partial charge in [0.2, 0.25) is 11.8 Å². The third-order valence-electron chi connectivity index (χ3n) is 5.16. The zero-order chi connectivity index (χ0) is 21.4. The van der Waals surface area contributed by atoms with Crippen LogP contribution in [0.25, 0.3) is 0 Å². The molecule has 0 unspecified atom stereocenters. The van der Waals surface area contributed by atoms with Gasteiger partial charge in [-0.15, -0.1) is 0 Å². The molecule has 2 atom stereocenters. The topological polar surface area (TPSA) is 58.6 Å². The molecule has 2 rings (SSSR count). The lowest BCUT2D eigenvalue weighted by Crippen LogP contribution is -2.49. The number of carbonyl (C=O) groups excluding carboxylic acids is 2. The van der Waals surface area contributed by atoms with Gasteiger partial charge in [0.1, 0.15) is 11.8 Å². The van der Waals surface area contributed by atoms with Gasteiger partial charge >= 0.3 is 0 Å². The van der Waals surface area contributed by atoms with E-state index in [1.807, 2.05) is 69.3 Å². The van der Waals surface area contributed by atoms with Gasteiger partial charge in [0.05, 0.1) is 13.5 Å². The van der Waals surface area contributed by atoms with Crippen LogP contribution < -0.4 is 10.1 Å². The first-order chi connectivity index (χ1) is 13.8. The Hall–Kier alpha value is -2.82. The van der Waals surface area contributed by atoms with Crippen molar-refractivity contribution in [3.63, 3.8) is 0 Å². The zero-order valence-corrected chi connectivity index (χ0v) is 18.1. The second-order valence-electron chi connectivity index (χ2n) is 7.53. The Balaban J connectivity index is 2.21. The maximum Gasteiger partial charge on any atom is 0.242 e. The SMILES string of the molecule is CC[C@@H](C)NC(=O)[C@@H](C)N(Cc1ccc(OC)cc1)C(=O)Cc1ccc(C)cc1. The number of hydrogen-bond acceptors (Lipinski definition) is 3. The van der Waals surface area contributed by atoms with Gasteiger partial charge in [-0.25, -0.2) is 0 Å². The van der Waals surface area contributed by atoms with Gasteiger partial charge in [-0.1, -0.05) is 48.9 Å². The van der Waals surface area contributed by atoms with Crippen molar-refractivity contribution in [1.29, 1.82) is 0 Å². The number of rotatable bonds is 9. The summed E-state index contributed by atoms with van der Waals surface area (Å²) < 4.78 is 5.21. The van der Waals surface area contributed by atoms with E-state index in [9.17, 15) is 9.59 Å². The van der Waals surface area contributed by atoms with Crippen molar-refractivity contribution in [2.45, 2.75) is 59.2 Å². The summed E-state index contributed by atoms with van der Waals surface area (Å²) in [6, 6.07) is 15.0. The van der Waals surface area contributed by atoms with E-state index in [0.717, 1.165) is 28.9 Å². The number of hydrogen-bond donors (Lipinski definition) is 1. The summed E-state index contributed by atoms with van der Waals surface area (Å²) in [5.74, 6) is 0.551. The van der Waals surface area contributed by atoms with Crippen LogP contribution in [0.15, 0.2) is 48.5 Å². The lowest BCUT2D eigenvalue weighted by molar-refractivity contribution is -0.140. The van der Waals surface area contributed by atoms with Crippen LogP contribution in [0.1, 0.15) is 43.9 Å². The summed E-state index contributed by atoms with van der Waals surface area (Å²) >= 11 is 0. The average Bonchev–Trinajstić information content (AvgIpc) is 2.73. The molecule has 0 bridgehead atoms. The molecule has 0 aliphatic heterocycles. The van der Waals surface area contributed by atoms with Crippen molar-refractivity contribution >= 4 is 11.8 Å². The summed E-state index contributed by atoms with van der Waals surface area (Å²) in [7, 11) is 1.62. The van der Waals surface area contributed by atoms with E-state index >= 15 is 0 Å². The molecular weight excluding hydrogens is 364 g/mol. The van der Waals surface area contributed by atoms with Gasteiger partial charge < -0.3 is 15.0 Å². The number of carbonyl (C=O) groups is 2. The van der Waals surface area contributed by atoms with E-state index in [0.29, 0.717) is 6.54 Å². The Morgan fingerprint density at radius 3 is 2.14 bits per heavy atom. The molecule has 0 spiro atoms. The Bertz CT molecular complexity index is 800. The molecule has 0 saturated heterocycles. The molecule has 0 heterocycles. The minimum atomic E-state index is -0.566. The van der Waals surface area contributed by atoms with Crippen LogP contribution in [0.2, 0.25) is 0 Å². The summed E-state index contributed by atoms with van der Waals surface area (Å²) in [6.45, 7) is 8.15. The molecule has 0 fully saturated rings. The van der Waals surface area contributed by atoms with Gasteiger partial charge in [-0.3, -0.25) is 9.59 Å². The van der Waals surface area contributed by atoms with Gasteiger partial charge in [0.25, 0.3) is 0 Å². The molecule has 0 radical (unpaired) electrons. The fourth-order valence-corrected chi connectivity index (χ4v) is 2.96. The van der Waals surface area contributed by atoms with E-state index in [-0.39, 0.29) is 24.3 Å². The maximum absolute atomic E-state index is 13.1. The predicted octanol–water partition coefficient (Wildman–Crippen LogP) is 3.88. The van der Waals surface area contributed by atoms with E-state index in [1.54, 1.807) is 18.9 Å². The summed E-state index contributed by atoms with van der Waals surface area (Å²) in [6.07, 6.45) is 1.10. The van der Waals surface area contributed by atoms with Crippen molar-refractivity contribution in [2.24, 2.45) is 0 Å². The van der Waals surface area contributed by atoms with Crippen molar-refractivity contribution in [3.05, 3.63) is 65.2 Å². The Labute approximate surface area is 174 Å². The lowest BCUT2D eigenvalue weighted by Gasteiger charge is -2.30. The summed E-state index contributed by atoms with van der Waals surface area (Å²) in [4.78, 5) is 27.5. The summed E-state index contributed by atoms with van der Waals surface area (Å²) in [5, 5.41) is 2.99. The van der Waals surface area contributed by atoms with Crippen LogP contribution in [0.5, 0.6) is 5.75 Å². The fourth-order valence-electron chi connectivity index (χ4n) is 2.96. The molecule has 2 aromatic carbocycles. The first-order valence-electron chi connectivity index (χ1n) is 10.1. The quantitative estimate of drug-likeness (QED) is 0.700. The van der Waals surface area contributed by atoms with E-state index in [4.69, 9.17) is 4.74 Å². The number of aryl methyl sites for hydroxylation is 1. The largest absolute Gasteiger partial charge is 0.497 e. The maximum atomic E-state index is 13.1. The Morgan fingerprint density at radius 1 is 1.00 bits per heavy atom. The molecule has 5 heteroatoms. The monoisotopic (exact) mass is 396 g/mol. The molecule has 0 aromatic heterocycles. The van der Waals surface area contributed by atoms with Gasteiger partial charge in [0.15, 0.2) is 0 Å². The van der Waals surface area contributed by atoms with Crippen molar-refractivity contribution in [2.75, 3.05) is 7.11 Å². The van der Waals surface area contributed by atoms with E-state index in [1.165, 1.54) is 0 Å². The number of amides is 2. The fraction of sp³-hybridized carbons (Fsp3) is 0.417. The average molecular weight is 397 g/mol. The minimum Gasteiger partial charge on any atom is -0.497 e. The Kier molecular flexibility index (Phi) is 8.25. The molecule has 156 valence electrons. The number of nitrogens with one attached hydrogen (secondary N) is 1. The van der Waals surface area contributed by atoms with Crippen LogP contribution in [-0.4, -0.2) is 35.9 Å². The number of benzene rings is 2. The van der Waals surface area contributed by atoms with Gasteiger partial charge in [0, 0.05) is 12.6 Å². The molecular formula is C24H32N2O3. The van der Waals surface area contributed by atoms with E-state index in [2.05, 4.69) is 5.32 Å². The summed E-state index contributed by atoms with van der Waals surface area (Å²) in [5.41, 5.74) is 3.04. The van der Waals surface area contributed by atoms with Gasteiger partial charge in [-0.05, 0) is 50.5 Å². The third-order valence-corrected chi connectivity index (χ3v) is 5.16. The second-order valence-corrected chi connectivity index (χ2v) is 7.53. The lowest BCUT2D eigenvalue weighted by atomic mass is 10.1. The van der Waals surface area contributed by atoms with Gasteiger partial charge in [-0.2, -0.15) is 0 Å². The standard InChI is InChI=1S/C24H32N2O3/c1-6-18(3)25-24(28)19(4)26(16-21-11-13-22(29-5)14-12-21)23(27)15-20-9-7-17(2)8-10-20/h7-14,18-19H,6,15-16H2,1-5H3,(H,25,28)/t18-,19-/m1/s1. The normalized spacial score (nSPS) is 12.7. The minimum absolute atomic E-state index is 0.0694. The molecule has 29 heavy (non-hydrogen) atoms. The number of ether oxygens (including phenoxy) is 1. The third kappa shape index (κ3) is 6.63. The van der Waals surface area contributed by atoms with Crippen molar-refractivity contribution < 1.29 is 14.3 Å². The highest BCUT2D eigenvalue weighted by Crippen LogP contribution is 2.16. The van der Waals surface area contributed by atoms with Crippen molar-refractivity contribution in [3.8, 4) is 5.75 Å². The van der Waals surface area contributed by atoms with Crippen LogP contribution >= 0.6 is 0 Å². The second kappa shape index (κ2) is 10.6. The smallest absolute Gasteiger partial charge is 0.242 e. The molecule has 2 aromatic rings. The first kappa shape index (κ1) is 22.5. The van der Waals surface area contributed by atoms with Crippen molar-refractivity contribution in [1.82, 2.24) is 10.2 Å².